The summed E-state index contributed by atoms with van der Waals surface area (Å²) in [6.07, 6.45) is 2.20. The second kappa shape index (κ2) is 4.93. The number of nitrogen functional groups attached to an aromatic ring is 1. The Hall–Kier alpha value is -2.02. The second-order valence-corrected chi connectivity index (χ2v) is 5.80. The van der Waals surface area contributed by atoms with Crippen molar-refractivity contribution in [2.45, 2.75) is 18.4 Å². The lowest BCUT2D eigenvalue weighted by Gasteiger charge is -2.09. The Bertz CT molecular complexity index is 672. The van der Waals surface area contributed by atoms with Crippen molar-refractivity contribution in [1.82, 2.24) is 9.55 Å². The van der Waals surface area contributed by atoms with Crippen LogP contribution >= 0.6 is 0 Å². The number of sulfonamides is 1. The summed E-state index contributed by atoms with van der Waals surface area (Å²) in [5.74, 6) is -0.0124. The number of nitrogens with zero attached hydrogens (tertiary/aromatic N) is 2. The van der Waals surface area contributed by atoms with Crippen LogP contribution in [0.25, 0.3) is 0 Å². The van der Waals surface area contributed by atoms with Gasteiger partial charge in [0, 0.05) is 12.7 Å². The van der Waals surface area contributed by atoms with E-state index in [1.807, 2.05) is 19.1 Å². The maximum Gasteiger partial charge on any atom is 0.281 e. The summed E-state index contributed by atoms with van der Waals surface area (Å²) in [4.78, 5) is 3.78. The fourth-order valence-electron chi connectivity index (χ4n) is 1.82. The molecule has 0 radical (unpaired) electrons. The standard InChI is InChI=1S/C12H16N4O2S/c1-3-9-5-4-6-10(7-9)15-19(17,18)12-11(13)14-8-16(12)2/h4-8,15H,3,13H2,1-2H3. The summed E-state index contributed by atoms with van der Waals surface area (Å²) in [6, 6.07) is 7.24. The minimum absolute atomic E-state index is 0.0124. The lowest BCUT2D eigenvalue weighted by atomic mass is 10.1. The molecule has 0 fully saturated rings. The van der Waals surface area contributed by atoms with Crippen LogP contribution in [0.3, 0.4) is 0 Å². The van der Waals surface area contributed by atoms with Gasteiger partial charge in [-0.2, -0.15) is 8.42 Å². The molecular weight excluding hydrogens is 264 g/mol. The first-order valence-corrected chi connectivity index (χ1v) is 7.31. The molecule has 7 heteroatoms. The number of anilines is 2. The van der Waals surface area contributed by atoms with Crippen LogP contribution in [0.2, 0.25) is 0 Å². The Balaban J connectivity index is 2.36. The Morgan fingerprint density at radius 3 is 2.74 bits per heavy atom. The van der Waals surface area contributed by atoms with Gasteiger partial charge in [0.25, 0.3) is 10.0 Å². The Kier molecular flexibility index (Phi) is 3.48. The highest BCUT2D eigenvalue weighted by Crippen LogP contribution is 2.20. The average molecular weight is 280 g/mol. The predicted octanol–water partition coefficient (Wildman–Crippen LogP) is 1.37. The van der Waals surface area contributed by atoms with Gasteiger partial charge in [-0.3, -0.25) is 4.72 Å². The Labute approximate surface area is 112 Å². The normalized spacial score (nSPS) is 11.5. The van der Waals surface area contributed by atoms with Crippen molar-refractivity contribution in [3.8, 4) is 0 Å². The van der Waals surface area contributed by atoms with E-state index < -0.39 is 10.0 Å². The van der Waals surface area contributed by atoms with E-state index >= 15 is 0 Å². The summed E-state index contributed by atoms with van der Waals surface area (Å²) in [5, 5.41) is -0.0330. The molecule has 0 unspecified atom stereocenters. The first-order valence-electron chi connectivity index (χ1n) is 5.82. The van der Waals surface area contributed by atoms with Gasteiger partial charge in [-0.05, 0) is 24.1 Å². The third kappa shape index (κ3) is 2.70. The Morgan fingerprint density at radius 2 is 2.16 bits per heavy atom. The molecule has 0 spiro atoms. The molecule has 3 N–H and O–H groups in total. The summed E-state index contributed by atoms with van der Waals surface area (Å²) in [5.41, 5.74) is 7.15. The molecule has 1 heterocycles. The van der Waals surface area contributed by atoms with E-state index in [1.54, 1.807) is 19.2 Å². The van der Waals surface area contributed by atoms with Gasteiger partial charge in [0.2, 0.25) is 0 Å². The number of nitrogens with one attached hydrogen (secondary N) is 1. The van der Waals surface area contributed by atoms with Gasteiger partial charge in [0.05, 0.1) is 6.33 Å². The molecule has 0 saturated carbocycles. The van der Waals surface area contributed by atoms with E-state index in [-0.39, 0.29) is 10.8 Å². The maximum absolute atomic E-state index is 12.3. The van der Waals surface area contributed by atoms with Crippen molar-refractivity contribution in [2.24, 2.45) is 7.05 Å². The highest BCUT2D eigenvalue weighted by Gasteiger charge is 2.22. The average Bonchev–Trinajstić information content (AvgIpc) is 2.69. The highest BCUT2D eigenvalue weighted by atomic mass is 32.2. The largest absolute Gasteiger partial charge is 0.381 e. The van der Waals surface area contributed by atoms with Gasteiger partial charge in [-0.15, -0.1) is 0 Å². The van der Waals surface area contributed by atoms with E-state index in [9.17, 15) is 8.42 Å². The monoisotopic (exact) mass is 280 g/mol. The van der Waals surface area contributed by atoms with Crippen molar-refractivity contribution < 1.29 is 8.42 Å². The number of hydrogen-bond acceptors (Lipinski definition) is 4. The van der Waals surface area contributed by atoms with Crippen molar-refractivity contribution in [3.63, 3.8) is 0 Å². The number of benzene rings is 1. The van der Waals surface area contributed by atoms with Crippen LogP contribution in [0, 0.1) is 0 Å². The van der Waals surface area contributed by atoms with E-state index in [2.05, 4.69) is 9.71 Å². The number of nitrogens with two attached hydrogens (primary N) is 1. The van der Waals surface area contributed by atoms with E-state index in [0.29, 0.717) is 5.69 Å². The molecule has 0 aliphatic heterocycles. The molecule has 19 heavy (non-hydrogen) atoms. The zero-order valence-electron chi connectivity index (χ0n) is 10.8. The second-order valence-electron chi connectivity index (χ2n) is 4.21. The molecule has 0 amide bonds. The highest BCUT2D eigenvalue weighted by molar-refractivity contribution is 7.92. The number of aromatic nitrogens is 2. The topological polar surface area (TPSA) is 90.0 Å². The van der Waals surface area contributed by atoms with Gasteiger partial charge >= 0.3 is 0 Å². The first kappa shape index (κ1) is 13.4. The van der Waals surface area contributed by atoms with Gasteiger partial charge < -0.3 is 10.3 Å². The summed E-state index contributed by atoms with van der Waals surface area (Å²) >= 11 is 0. The van der Waals surface area contributed by atoms with Crippen LogP contribution in [-0.4, -0.2) is 18.0 Å². The zero-order valence-corrected chi connectivity index (χ0v) is 11.6. The van der Waals surface area contributed by atoms with Crippen LogP contribution in [0.4, 0.5) is 11.5 Å². The van der Waals surface area contributed by atoms with Crippen molar-refractivity contribution >= 4 is 21.5 Å². The number of hydrogen-bond donors (Lipinski definition) is 2. The smallest absolute Gasteiger partial charge is 0.281 e. The fraction of sp³-hybridized carbons (Fsp3) is 0.250. The van der Waals surface area contributed by atoms with Crippen molar-refractivity contribution in [2.75, 3.05) is 10.5 Å². The zero-order chi connectivity index (χ0) is 14.0. The summed E-state index contributed by atoms with van der Waals surface area (Å²) in [7, 11) is -2.15. The van der Waals surface area contributed by atoms with Gasteiger partial charge in [-0.1, -0.05) is 19.1 Å². The van der Waals surface area contributed by atoms with Crippen LogP contribution in [0.15, 0.2) is 35.6 Å². The van der Waals surface area contributed by atoms with Crippen molar-refractivity contribution in [1.29, 1.82) is 0 Å². The molecule has 0 aliphatic rings. The molecule has 102 valence electrons. The lowest BCUT2D eigenvalue weighted by molar-refractivity contribution is 0.592. The van der Waals surface area contributed by atoms with E-state index in [4.69, 9.17) is 5.73 Å². The molecule has 2 rings (SSSR count). The van der Waals surface area contributed by atoms with E-state index in [0.717, 1.165) is 12.0 Å². The lowest BCUT2D eigenvalue weighted by Crippen LogP contribution is -2.17. The predicted molar refractivity (Wildman–Crippen MR) is 74.2 cm³/mol. The van der Waals surface area contributed by atoms with E-state index in [1.165, 1.54) is 10.9 Å². The van der Waals surface area contributed by atoms with Gasteiger partial charge in [0.15, 0.2) is 10.8 Å². The molecule has 1 aromatic heterocycles. The van der Waals surface area contributed by atoms with Crippen LogP contribution < -0.4 is 10.5 Å². The SMILES string of the molecule is CCc1cccc(NS(=O)(=O)c2c(N)ncn2C)c1. The fourth-order valence-corrected chi connectivity index (χ4v) is 3.11. The number of aryl methyl sites for hydroxylation is 2. The third-order valence-electron chi connectivity index (χ3n) is 2.75. The molecular formula is C12H16N4O2S. The van der Waals surface area contributed by atoms with Crippen LogP contribution in [0.1, 0.15) is 12.5 Å². The molecule has 1 aromatic carbocycles. The Morgan fingerprint density at radius 1 is 1.42 bits per heavy atom. The molecule has 0 aliphatic carbocycles. The van der Waals surface area contributed by atoms with Gasteiger partial charge in [0.1, 0.15) is 0 Å². The van der Waals surface area contributed by atoms with Crippen LogP contribution in [0.5, 0.6) is 0 Å². The molecule has 6 nitrogen and oxygen atoms in total. The summed E-state index contributed by atoms with van der Waals surface area (Å²) < 4.78 is 28.4. The third-order valence-corrected chi connectivity index (χ3v) is 4.26. The molecule has 2 aromatic rings. The number of rotatable bonds is 4. The minimum atomic E-state index is -3.73. The number of imidazole rings is 1. The molecule has 0 bridgehead atoms. The van der Waals surface area contributed by atoms with Crippen molar-refractivity contribution in [3.05, 3.63) is 36.2 Å². The summed E-state index contributed by atoms with van der Waals surface area (Å²) in [6.45, 7) is 2.01. The first-order chi connectivity index (χ1) is 8.94. The minimum Gasteiger partial charge on any atom is -0.381 e. The van der Waals surface area contributed by atoms with Crippen LogP contribution in [-0.2, 0) is 23.5 Å². The quantitative estimate of drug-likeness (QED) is 0.885. The molecule has 0 atom stereocenters. The molecule has 0 saturated heterocycles. The van der Waals surface area contributed by atoms with Gasteiger partial charge in [-0.25, -0.2) is 4.98 Å². The maximum atomic E-state index is 12.3.